The van der Waals surface area contributed by atoms with Crippen LogP contribution < -0.4 is 16.6 Å². The Kier molecular flexibility index (Phi) is 5.21. The molecule has 0 fully saturated rings. The van der Waals surface area contributed by atoms with E-state index in [0.717, 1.165) is 11.0 Å². The number of carbonyl (C=O) groups excluding carboxylic acids is 1. The van der Waals surface area contributed by atoms with Crippen molar-refractivity contribution < 1.29 is 9.18 Å². The lowest BCUT2D eigenvalue weighted by Crippen LogP contribution is -2.44. The van der Waals surface area contributed by atoms with E-state index in [2.05, 4.69) is 5.32 Å². The van der Waals surface area contributed by atoms with Gasteiger partial charge in [-0.15, -0.1) is 0 Å². The summed E-state index contributed by atoms with van der Waals surface area (Å²) >= 11 is 0. The van der Waals surface area contributed by atoms with Gasteiger partial charge in [0.25, 0.3) is 5.56 Å². The van der Waals surface area contributed by atoms with Crippen LogP contribution >= 0.6 is 0 Å². The number of carbonyl (C=O) groups is 1. The lowest BCUT2D eigenvalue weighted by Gasteiger charge is -2.19. The van der Waals surface area contributed by atoms with Gasteiger partial charge in [-0.25, -0.2) is 13.8 Å². The van der Waals surface area contributed by atoms with E-state index < -0.39 is 23.1 Å². The average molecular weight is 369 g/mol. The predicted molar refractivity (Wildman–Crippen MR) is 102 cm³/mol. The molecule has 3 rings (SSSR count). The van der Waals surface area contributed by atoms with Gasteiger partial charge in [0.05, 0.1) is 16.6 Å². The molecule has 0 aliphatic rings. The SMILES string of the molecule is CCCNC(=O)[C@H](C)n1c(=O)n(-c2ccccc2F)c(=O)c2ccccc21. The second-order valence-corrected chi connectivity index (χ2v) is 6.23. The molecule has 0 saturated carbocycles. The molecule has 0 saturated heterocycles. The summed E-state index contributed by atoms with van der Waals surface area (Å²) in [6, 6.07) is 11.2. The standard InChI is InChI=1S/C20H20FN3O3/c1-3-12-22-18(25)13(2)23-16-10-6-4-8-14(16)19(26)24(20(23)27)17-11-7-5-9-15(17)21/h4-11,13H,3,12H2,1-2H3,(H,22,25)/t13-/m0/s1. The fourth-order valence-corrected chi connectivity index (χ4v) is 3.02. The maximum absolute atomic E-state index is 14.3. The number of aromatic nitrogens is 2. The maximum Gasteiger partial charge on any atom is 0.336 e. The highest BCUT2D eigenvalue weighted by Crippen LogP contribution is 2.16. The molecule has 0 spiro atoms. The van der Waals surface area contributed by atoms with Gasteiger partial charge in [-0.05, 0) is 37.6 Å². The van der Waals surface area contributed by atoms with Crippen LogP contribution in [-0.2, 0) is 4.79 Å². The number of halogens is 1. The number of rotatable bonds is 5. The van der Waals surface area contributed by atoms with Crippen molar-refractivity contribution >= 4 is 16.8 Å². The molecular formula is C20H20FN3O3. The Balaban J connectivity index is 2.34. The zero-order chi connectivity index (χ0) is 19.6. The van der Waals surface area contributed by atoms with Crippen molar-refractivity contribution in [1.82, 2.24) is 14.5 Å². The van der Waals surface area contributed by atoms with Crippen LogP contribution in [0, 0.1) is 5.82 Å². The normalized spacial score (nSPS) is 12.1. The Bertz CT molecular complexity index is 1120. The van der Waals surface area contributed by atoms with E-state index in [-0.39, 0.29) is 17.0 Å². The zero-order valence-corrected chi connectivity index (χ0v) is 15.1. The van der Waals surface area contributed by atoms with Crippen LogP contribution in [0.15, 0.2) is 58.1 Å². The molecule has 2 aromatic carbocycles. The van der Waals surface area contributed by atoms with E-state index in [1.807, 2.05) is 6.92 Å². The molecule has 1 heterocycles. The topological polar surface area (TPSA) is 73.1 Å². The molecule has 0 bridgehead atoms. The van der Waals surface area contributed by atoms with E-state index in [1.54, 1.807) is 37.3 Å². The summed E-state index contributed by atoms with van der Waals surface area (Å²) in [7, 11) is 0. The molecule has 1 atom stereocenters. The first-order valence-corrected chi connectivity index (χ1v) is 8.76. The van der Waals surface area contributed by atoms with Crippen molar-refractivity contribution in [3.63, 3.8) is 0 Å². The van der Waals surface area contributed by atoms with Crippen LogP contribution in [0.4, 0.5) is 4.39 Å². The van der Waals surface area contributed by atoms with Gasteiger partial charge in [0.15, 0.2) is 0 Å². The zero-order valence-electron chi connectivity index (χ0n) is 15.1. The van der Waals surface area contributed by atoms with Gasteiger partial charge in [0, 0.05) is 6.54 Å². The fourth-order valence-electron chi connectivity index (χ4n) is 3.02. The minimum absolute atomic E-state index is 0.145. The third-order valence-electron chi connectivity index (χ3n) is 4.40. The molecule has 1 amide bonds. The van der Waals surface area contributed by atoms with Crippen molar-refractivity contribution in [1.29, 1.82) is 0 Å². The Morgan fingerprint density at radius 1 is 1.11 bits per heavy atom. The smallest absolute Gasteiger partial charge is 0.336 e. The number of benzene rings is 2. The van der Waals surface area contributed by atoms with Crippen LogP contribution in [0.25, 0.3) is 16.6 Å². The molecule has 0 aliphatic carbocycles. The molecule has 1 N–H and O–H groups in total. The molecule has 0 unspecified atom stereocenters. The van der Waals surface area contributed by atoms with Crippen molar-refractivity contribution in [2.45, 2.75) is 26.3 Å². The number of hydrogen-bond donors (Lipinski definition) is 1. The minimum Gasteiger partial charge on any atom is -0.354 e. The fraction of sp³-hybridized carbons (Fsp3) is 0.250. The lowest BCUT2D eigenvalue weighted by atomic mass is 10.2. The largest absolute Gasteiger partial charge is 0.354 e. The third-order valence-corrected chi connectivity index (χ3v) is 4.40. The molecule has 3 aromatic rings. The van der Waals surface area contributed by atoms with Gasteiger partial charge in [0.1, 0.15) is 11.9 Å². The predicted octanol–water partition coefficient (Wildman–Crippen LogP) is 2.38. The minimum atomic E-state index is -0.868. The average Bonchev–Trinajstić information content (AvgIpc) is 2.67. The highest BCUT2D eigenvalue weighted by atomic mass is 19.1. The van der Waals surface area contributed by atoms with Crippen molar-refractivity contribution in [2.24, 2.45) is 0 Å². The number of amides is 1. The second-order valence-electron chi connectivity index (χ2n) is 6.23. The quantitative estimate of drug-likeness (QED) is 0.750. The molecule has 140 valence electrons. The molecule has 0 aliphatic heterocycles. The molecule has 0 radical (unpaired) electrons. The Morgan fingerprint density at radius 3 is 2.48 bits per heavy atom. The van der Waals surface area contributed by atoms with E-state index in [9.17, 15) is 18.8 Å². The number of fused-ring (bicyclic) bond motifs is 1. The third kappa shape index (κ3) is 3.28. The lowest BCUT2D eigenvalue weighted by molar-refractivity contribution is -0.123. The summed E-state index contributed by atoms with van der Waals surface area (Å²) in [5.41, 5.74) is -1.20. The maximum atomic E-state index is 14.3. The van der Waals surface area contributed by atoms with Crippen molar-refractivity contribution in [3.8, 4) is 5.69 Å². The first kappa shape index (κ1) is 18.6. The van der Waals surface area contributed by atoms with Gasteiger partial charge < -0.3 is 5.32 Å². The van der Waals surface area contributed by atoms with E-state index >= 15 is 0 Å². The molecule has 27 heavy (non-hydrogen) atoms. The van der Waals surface area contributed by atoms with Crippen LogP contribution in [0.1, 0.15) is 26.3 Å². The van der Waals surface area contributed by atoms with Gasteiger partial charge in [0.2, 0.25) is 5.91 Å². The summed E-state index contributed by atoms with van der Waals surface area (Å²) in [6.07, 6.45) is 0.753. The van der Waals surface area contributed by atoms with Gasteiger partial charge >= 0.3 is 5.69 Å². The van der Waals surface area contributed by atoms with Gasteiger partial charge in [-0.2, -0.15) is 0 Å². The number of para-hydroxylation sites is 2. The molecule has 6 nitrogen and oxygen atoms in total. The molecule has 7 heteroatoms. The van der Waals surface area contributed by atoms with Gasteiger partial charge in [-0.1, -0.05) is 31.2 Å². The summed E-state index contributed by atoms with van der Waals surface area (Å²) in [6.45, 7) is 3.97. The molecule has 1 aromatic heterocycles. The molecular weight excluding hydrogens is 349 g/mol. The van der Waals surface area contributed by atoms with Crippen LogP contribution in [0.5, 0.6) is 0 Å². The number of nitrogens with zero attached hydrogens (tertiary/aromatic N) is 2. The summed E-state index contributed by atoms with van der Waals surface area (Å²) in [4.78, 5) is 38.5. The van der Waals surface area contributed by atoms with E-state index in [1.165, 1.54) is 22.8 Å². The Labute approximate surface area is 154 Å². The first-order valence-electron chi connectivity index (χ1n) is 8.76. The van der Waals surface area contributed by atoms with Crippen LogP contribution in [0.3, 0.4) is 0 Å². The number of nitrogens with one attached hydrogen (secondary N) is 1. The van der Waals surface area contributed by atoms with E-state index in [4.69, 9.17) is 0 Å². The summed E-state index contributed by atoms with van der Waals surface area (Å²) < 4.78 is 16.3. The van der Waals surface area contributed by atoms with Crippen molar-refractivity contribution in [2.75, 3.05) is 6.54 Å². The summed E-state index contributed by atoms with van der Waals surface area (Å²) in [5, 5.41) is 2.98. The van der Waals surface area contributed by atoms with Crippen LogP contribution in [-0.4, -0.2) is 21.6 Å². The van der Waals surface area contributed by atoms with Crippen LogP contribution in [0.2, 0.25) is 0 Å². The van der Waals surface area contributed by atoms with Crippen molar-refractivity contribution in [3.05, 3.63) is 75.2 Å². The monoisotopic (exact) mass is 369 g/mol. The summed E-state index contributed by atoms with van der Waals surface area (Å²) in [5.74, 6) is -1.04. The Morgan fingerprint density at radius 2 is 1.78 bits per heavy atom. The Hall–Kier alpha value is -3.22. The van der Waals surface area contributed by atoms with Gasteiger partial charge in [-0.3, -0.25) is 14.2 Å². The highest BCUT2D eigenvalue weighted by Gasteiger charge is 2.23. The van der Waals surface area contributed by atoms with E-state index in [0.29, 0.717) is 12.1 Å². The second kappa shape index (κ2) is 7.57. The highest BCUT2D eigenvalue weighted by molar-refractivity contribution is 5.84. The number of hydrogen-bond acceptors (Lipinski definition) is 3. The first-order chi connectivity index (χ1) is 13.0.